The quantitative estimate of drug-likeness (QED) is 0.685. The summed E-state index contributed by atoms with van der Waals surface area (Å²) in [5.41, 5.74) is 2.26. The molecule has 3 N–H and O–H groups in total. The summed E-state index contributed by atoms with van der Waals surface area (Å²) in [6.07, 6.45) is 3.35. The molecule has 7 heteroatoms. The van der Waals surface area contributed by atoms with Crippen LogP contribution >= 0.6 is 11.3 Å². The molecule has 3 aromatic rings. The van der Waals surface area contributed by atoms with E-state index in [-0.39, 0.29) is 5.91 Å². The number of H-pyrrole nitrogens is 2. The van der Waals surface area contributed by atoms with Crippen LogP contribution in [0.2, 0.25) is 0 Å². The third-order valence-corrected chi connectivity index (χ3v) is 3.36. The molecule has 0 aliphatic rings. The summed E-state index contributed by atoms with van der Waals surface area (Å²) < 4.78 is 0. The van der Waals surface area contributed by atoms with Gasteiger partial charge in [-0.1, -0.05) is 0 Å². The molecule has 0 radical (unpaired) electrons. The van der Waals surface area contributed by atoms with Gasteiger partial charge in [0.05, 0.1) is 16.9 Å². The number of anilines is 1. The Kier molecular flexibility index (Phi) is 2.88. The molecule has 1 amide bonds. The molecule has 0 aliphatic heterocycles. The van der Waals surface area contributed by atoms with E-state index in [1.165, 1.54) is 0 Å². The van der Waals surface area contributed by atoms with Crippen LogP contribution in [-0.4, -0.2) is 26.1 Å². The molecule has 0 spiro atoms. The number of amides is 1. The van der Waals surface area contributed by atoms with E-state index in [4.69, 9.17) is 0 Å². The second kappa shape index (κ2) is 4.69. The summed E-state index contributed by atoms with van der Waals surface area (Å²) in [7, 11) is 0. The van der Waals surface area contributed by atoms with Gasteiger partial charge in [-0.2, -0.15) is 5.10 Å². The number of aromatic nitrogens is 4. The Morgan fingerprint density at radius 2 is 2.37 bits per heavy atom. The molecular formula is C12H11N5OS. The number of carbonyl (C=O) groups is 1. The van der Waals surface area contributed by atoms with Gasteiger partial charge >= 0.3 is 0 Å². The van der Waals surface area contributed by atoms with Crippen molar-refractivity contribution < 1.29 is 4.79 Å². The van der Waals surface area contributed by atoms with Crippen molar-refractivity contribution in [2.45, 2.75) is 6.92 Å². The van der Waals surface area contributed by atoms with Crippen LogP contribution in [-0.2, 0) is 0 Å². The van der Waals surface area contributed by atoms with Crippen molar-refractivity contribution in [1.29, 1.82) is 0 Å². The van der Waals surface area contributed by atoms with E-state index in [1.54, 1.807) is 35.9 Å². The Morgan fingerprint density at radius 1 is 1.47 bits per heavy atom. The lowest BCUT2D eigenvalue weighted by molar-refractivity contribution is 0.102. The molecule has 0 atom stereocenters. The second-order valence-electron chi connectivity index (χ2n) is 3.98. The Bertz CT molecular complexity index is 697. The fourth-order valence-electron chi connectivity index (χ4n) is 1.68. The predicted molar refractivity (Wildman–Crippen MR) is 73.2 cm³/mol. The Hall–Kier alpha value is -2.41. The summed E-state index contributed by atoms with van der Waals surface area (Å²) in [6, 6.07) is 3.46. The van der Waals surface area contributed by atoms with Crippen LogP contribution in [0.1, 0.15) is 15.5 Å². The number of hydrogen-bond acceptors (Lipinski definition) is 4. The molecule has 0 bridgehead atoms. The first-order valence-electron chi connectivity index (χ1n) is 5.64. The molecular weight excluding hydrogens is 262 g/mol. The van der Waals surface area contributed by atoms with E-state index in [2.05, 4.69) is 25.5 Å². The largest absolute Gasteiger partial charge is 0.357 e. The molecule has 6 nitrogen and oxygen atoms in total. The van der Waals surface area contributed by atoms with Crippen LogP contribution < -0.4 is 5.32 Å². The summed E-state index contributed by atoms with van der Waals surface area (Å²) in [4.78, 5) is 19.3. The van der Waals surface area contributed by atoms with Crippen molar-refractivity contribution in [1.82, 2.24) is 20.2 Å². The van der Waals surface area contributed by atoms with E-state index < -0.39 is 0 Å². The zero-order chi connectivity index (χ0) is 13.2. The number of aryl methyl sites for hydroxylation is 1. The van der Waals surface area contributed by atoms with E-state index >= 15 is 0 Å². The van der Waals surface area contributed by atoms with E-state index in [9.17, 15) is 4.79 Å². The van der Waals surface area contributed by atoms with Gasteiger partial charge in [0.25, 0.3) is 5.91 Å². The SMILES string of the molecule is Cc1nc(-c2c[nH]c(C(=O)Nc3ccn[nH]3)c2)cs1. The van der Waals surface area contributed by atoms with Gasteiger partial charge in [-0.25, -0.2) is 4.98 Å². The minimum absolute atomic E-state index is 0.220. The summed E-state index contributed by atoms with van der Waals surface area (Å²) in [5.74, 6) is 0.341. The van der Waals surface area contributed by atoms with E-state index in [0.717, 1.165) is 16.3 Å². The van der Waals surface area contributed by atoms with Crippen LogP contribution in [0, 0.1) is 6.92 Å². The minimum Gasteiger partial charge on any atom is -0.357 e. The predicted octanol–water partition coefficient (Wildman–Crippen LogP) is 2.42. The van der Waals surface area contributed by atoms with Crippen molar-refractivity contribution >= 4 is 23.1 Å². The Labute approximate surface area is 112 Å². The Morgan fingerprint density at radius 3 is 3.05 bits per heavy atom. The topological polar surface area (TPSA) is 86.5 Å². The summed E-state index contributed by atoms with van der Waals surface area (Å²) >= 11 is 1.58. The molecule has 0 aliphatic carbocycles. The first-order chi connectivity index (χ1) is 9.22. The lowest BCUT2D eigenvalue weighted by Gasteiger charge is -1.98. The van der Waals surface area contributed by atoms with Crippen LogP contribution in [0.5, 0.6) is 0 Å². The summed E-state index contributed by atoms with van der Waals surface area (Å²) in [5, 5.41) is 12.1. The van der Waals surface area contributed by atoms with Crippen LogP contribution in [0.4, 0.5) is 5.82 Å². The average Bonchev–Trinajstić information content (AvgIpc) is 3.07. The van der Waals surface area contributed by atoms with Gasteiger partial charge in [0.15, 0.2) is 0 Å². The van der Waals surface area contributed by atoms with Gasteiger partial charge in [0, 0.05) is 23.2 Å². The van der Waals surface area contributed by atoms with Gasteiger partial charge in [-0.15, -0.1) is 11.3 Å². The van der Waals surface area contributed by atoms with Crippen LogP contribution in [0.25, 0.3) is 11.3 Å². The lowest BCUT2D eigenvalue weighted by Crippen LogP contribution is -2.12. The lowest BCUT2D eigenvalue weighted by atomic mass is 10.2. The molecule has 3 aromatic heterocycles. The molecule has 3 heterocycles. The first-order valence-corrected chi connectivity index (χ1v) is 6.52. The van der Waals surface area contributed by atoms with Crippen LogP contribution in [0.3, 0.4) is 0 Å². The van der Waals surface area contributed by atoms with E-state index in [0.29, 0.717) is 11.5 Å². The maximum Gasteiger partial charge on any atom is 0.273 e. The number of nitrogens with one attached hydrogen (secondary N) is 3. The summed E-state index contributed by atoms with van der Waals surface area (Å²) in [6.45, 7) is 1.95. The highest BCUT2D eigenvalue weighted by molar-refractivity contribution is 7.09. The normalized spacial score (nSPS) is 10.6. The standard InChI is InChI=1S/C12H11N5OS/c1-7-15-10(6-19-7)8-4-9(13-5-8)12(18)16-11-2-3-14-17-11/h2-6,13H,1H3,(H2,14,16,17,18). The van der Waals surface area contributed by atoms with Gasteiger partial charge < -0.3 is 10.3 Å². The maximum atomic E-state index is 12.0. The minimum atomic E-state index is -0.220. The zero-order valence-corrected chi connectivity index (χ0v) is 10.9. The maximum absolute atomic E-state index is 12.0. The number of thiazole rings is 1. The number of nitrogens with zero attached hydrogens (tertiary/aromatic N) is 2. The monoisotopic (exact) mass is 273 g/mol. The fourth-order valence-corrected chi connectivity index (χ4v) is 2.31. The number of aromatic amines is 2. The van der Waals surface area contributed by atoms with Gasteiger partial charge in [0.1, 0.15) is 11.5 Å². The second-order valence-corrected chi connectivity index (χ2v) is 5.04. The van der Waals surface area contributed by atoms with Crippen molar-refractivity contribution in [3.63, 3.8) is 0 Å². The molecule has 0 unspecified atom stereocenters. The Balaban J connectivity index is 1.79. The highest BCUT2D eigenvalue weighted by Crippen LogP contribution is 2.22. The van der Waals surface area contributed by atoms with Crippen molar-refractivity contribution in [3.05, 3.63) is 40.6 Å². The zero-order valence-electron chi connectivity index (χ0n) is 10.1. The average molecular weight is 273 g/mol. The van der Waals surface area contributed by atoms with Gasteiger partial charge in [0.2, 0.25) is 0 Å². The highest BCUT2D eigenvalue weighted by atomic mass is 32.1. The van der Waals surface area contributed by atoms with E-state index in [1.807, 2.05) is 12.3 Å². The highest BCUT2D eigenvalue weighted by Gasteiger charge is 2.11. The number of carbonyl (C=O) groups excluding carboxylic acids is 1. The molecule has 3 rings (SSSR count). The van der Waals surface area contributed by atoms with Crippen molar-refractivity contribution in [2.75, 3.05) is 5.32 Å². The molecule has 0 saturated heterocycles. The third kappa shape index (κ3) is 2.41. The van der Waals surface area contributed by atoms with Crippen LogP contribution in [0.15, 0.2) is 29.9 Å². The molecule has 0 fully saturated rings. The van der Waals surface area contributed by atoms with Crippen molar-refractivity contribution in [2.24, 2.45) is 0 Å². The smallest absolute Gasteiger partial charge is 0.273 e. The third-order valence-electron chi connectivity index (χ3n) is 2.59. The molecule has 0 saturated carbocycles. The molecule has 96 valence electrons. The first kappa shape index (κ1) is 11.7. The van der Waals surface area contributed by atoms with Gasteiger partial charge in [-0.05, 0) is 13.0 Å². The fraction of sp³-hybridized carbons (Fsp3) is 0.0833. The molecule has 19 heavy (non-hydrogen) atoms. The van der Waals surface area contributed by atoms with Crippen molar-refractivity contribution in [3.8, 4) is 11.3 Å². The van der Waals surface area contributed by atoms with Gasteiger partial charge in [-0.3, -0.25) is 9.89 Å². The molecule has 0 aromatic carbocycles. The number of hydrogen-bond donors (Lipinski definition) is 3. The number of rotatable bonds is 3.